The fourth-order valence-electron chi connectivity index (χ4n) is 3.56. The van der Waals surface area contributed by atoms with Gasteiger partial charge in [0.1, 0.15) is 0 Å². The minimum Gasteiger partial charge on any atom is -0.342 e. The molecule has 2 heterocycles. The first-order valence-electron chi connectivity index (χ1n) is 9.77. The normalized spacial score (nSPS) is 18.0. The lowest BCUT2D eigenvalue weighted by atomic mass is 10.3. The molecule has 0 unspecified atom stereocenters. The first-order valence-corrected chi connectivity index (χ1v) is 10.8. The van der Waals surface area contributed by atoms with E-state index in [9.17, 15) is 9.59 Å². The van der Waals surface area contributed by atoms with Crippen molar-refractivity contribution in [3.8, 4) is 6.07 Å². The van der Waals surface area contributed by atoms with Crippen molar-refractivity contribution in [2.45, 2.75) is 17.7 Å². The van der Waals surface area contributed by atoms with Gasteiger partial charge in [-0.3, -0.25) is 19.4 Å². The number of anilines is 1. The topological polar surface area (TPSA) is 79.7 Å². The third kappa shape index (κ3) is 5.96. The number of benzene rings is 1. The molecule has 2 aliphatic heterocycles. The molecule has 1 N–H and O–H groups in total. The van der Waals surface area contributed by atoms with E-state index in [-0.39, 0.29) is 11.8 Å². The van der Waals surface area contributed by atoms with Crippen molar-refractivity contribution in [1.29, 1.82) is 5.26 Å². The van der Waals surface area contributed by atoms with Crippen LogP contribution in [0.5, 0.6) is 0 Å². The number of piperazine rings is 1. The first-order chi connectivity index (χ1) is 13.7. The van der Waals surface area contributed by atoms with Crippen LogP contribution in [-0.4, -0.2) is 84.6 Å². The third-order valence-corrected chi connectivity index (χ3v) is 6.04. The number of nitrogens with one attached hydrogen (secondary N) is 1. The van der Waals surface area contributed by atoms with Gasteiger partial charge in [0.05, 0.1) is 30.6 Å². The van der Waals surface area contributed by atoms with Gasteiger partial charge in [-0.25, -0.2) is 0 Å². The average Bonchev–Trinajstić information content (AvgIpc) is 3.24. The van der Waals surface area contributed by atoms with Crippen molar-refractivity contribution >= 4 is 29.3 Å². The first kappa shape index (κ1) is 20.6. The van der Waals surface area contributed by atoms with E-state index < -0.39 is 0 Å². The molecular weight excluding hydrogens is 374 g/mol. The Bertz CT molecular complexity index is 722. The number of carbonyl (C=O) groups is 2. The lowest BCUT2D eigenvalue weighted by molar-refractivity contribution is -0.132. The van der Waals surface area contributed by atoms with E-state index in [0.717, 1.165) is 62.7 Å². The molecule has 1 aromatic carbocycles. The summed E-state index contributed by atoms with van der Waals surface area (Å²) in [6.45, 7) is 5.80. The fraction of sp³-hybridized carbons (Fsp3) is 0.550. The molecule has 2 aliphatic rings. The van der Waals surface area contributed by atoms with Gasteiger partial charge in [-0.2, -0.15) is 5.26 Å². The number of hydrogen-bond acceptors (Lipinski definition) is 6. The van der Waals surface area contributed by atoms with Crippen molar-refractivity contribution in [3.63, 3.8) is 0 Å². The third-order valence-electron chi connectivity index (χ3n) is 5.10. The number of nitriles is 1. The molecule has 7 nitrogen and oxygen atoms in total. The van der Waals surface area contributed by atoms with Gasteiger partial charge in [0.15, 0.2) is 0 Å². The van der Waals surface area contributed by atoms with Crippen LogP contribution in [-0.2, 0) is 9.59 Å². The summed E-state index contributed by atoms with van der Waals surface area (Å²) in [6, 6.07) is 9.66. The Hall–Kier alpha value is -2.08. The van der Waals surface area contributed by atoms with Gasteiger partial charge in [0, 0.05) is 44.2 Å². The highest BCUT2D eigenvalue weighted by Gasteiger charge is 2.24. The van der Waals surface area contributed by atoms with Gasteiger partial charge in [0.25, 0.3) is 0 Å². The number of carbonyl (C=O) groups excluding carboxylic acids is 2. The van der Waals surface area contributed by atoms with Gasteiger partial charge >= 0.3 is 0 Å². The van der Waals surface area contributed by atoms with Crippen molar-refractivity contribution in [3.05, 3.63) is 24.3 Å². The fourth-order valence-corrected chi connectivity index (χ4v) is 4.23. The van der Waals surface area contributed by atoms with Gasteiger partial charge in [-0.1, -0.05) is 12.1 Å². The van der Waals surface area contributed by atoms with E-state index in [2.05, 4.69) is 21.2 Å². The van der Waals surface area contributed by atoms with Crippen LogP contribution in [0.4, 0.5) is 5.69 Å². The largest absolute Gasteiger partial charge is 0.342 e. The molecular formula is C20H27N5O2S. The van der Waals surface area contributed by atoms with E-state index in [1.807, 2.05) is 29.2 Å². The predicted octanol–water partition coefficient (Wildman–Crippen LogP) is 1.48. The molecule has 2 fully saturated rings. The molecule has 0 aromatic heterocycles. The van der Waals surface area contributed by atoms with Gasteiger partial charge in [0.2, 0.25) is 11.8 Å². The van der Waals surface area contributed by atoms with Crippen LogP contribution >= 0.6 is 11.8 Å². The summed E-state index contributed by atoms with van der Waals surface area (Å²) in [7, 11) is 0. The molecule has 0 atom stereocenters. The second kappa shape index (κ2) is 10.5. The number of likely N-dealkylation sites (tertiary alicyclic amines) is 1. The van der Waals surface area contributed by atoms with E-state index in [4.69, 9.17) is 5.26 Å². The molecule has 0 bridgehead atoms. The summed E-state index contributed by atoms with van der Waals surface area (Å²) in [5.74, 6) is 0.534. The van der Waals surface area contributed by atoms with E-state index in [1.54, 1.807) is 0 Å². The van der Waals surface area contributed by atoms with Crippen LogP contribution in [0.25, 0.3) is 0 Å². The Morgan fingerprint density at radius 2 is 1.64 bits per heavy atom. The Labute approximate surface area is 170 Å². The molecule has 1 aromatic rings. The van der Waals surface area contributed by atoms with E-state index in [0.29, 0.717) is 18.8 Å². The van der Waals surface area contributed by atoms with Crippen LogP contribution in [0.3, 0.4) is 0 Å². The zero-order valence-electron chi connectivity index (χ0n) is 16.1. The van der Waals surface area contributed by atoms with Crippen LogP contribution in [0.2, 0.25) is 0 Å². The Kier molecular flexibility index (Phi) is 7.71. The number of para-hydroxylation sites is 1. The highest BCUT2D eigenvalue weighted by molar-refractivity contribution is 7.99. The summed E-state index contributed by atoms with van der Waals surface area (Å²) in [5, 5.41) is 11.7. The Balaban J connectivity index is 1.41. The highest BCUT2D eigenvalue weighted by atomic mass is 32.2. The molecule has 3 rings (SSSR count). The summed E-state index contributed by atoms with van der Waals surface area (Å²) >= 11 is 1.42. The van der Waals surface area contributed by atoms with Crippen molar-refractivity contribution in [2.75, 3.05) is 63.4 Å². The van der Waals surface area contributed by atoms with Crippen molar-refractivity contribution < 1.29 is 9.59 Å². The lowest BCUT2D eigenvalue weighted by Crippen LogP contribution is -2.51. The standard InChI is InChI=1S/C20H27N5O2S/c21-7-14-28-18-6-2-1-5-17(18)22-19(26)15-23-10-12-24(13-11-23)16-20(27)25-8-3-4-9-25/h1-2,5-6H,3-4,8-16H2,(H,22,26). The zero-order chi connectivity index (χ0) is 19.8. The lowest BCUT2D eigenvalue weighted by Gasteiger charge is -2.34. The summed E-state index contributed by atoms with van der Waals surface area (Å²) in [4.78, 5) is 31.9. The molecule has 0 aliphatic carbocycles. The second-order valence-corrected chi connectivity index (χ2v) is 8.15. The zero-order valence-corrected chi connectivity index (χ0v) is 16.9. The molecule has 8 heteroatoms. The van der Waals surface area contributed by atoms with Gasteiger partial charge in [-0.05, 0) is 25.0 Å². The van der Waals surface area contributed by atoms with Crippen molar-refractivity contribution in [1.82, 2.24) is 14.7 Å². The number of amides is 2. The van der Waals surface area contributed by atoms with Gasteiger partial charge in [-0.15, -0.1) is 11.8 Å². The molecule has 0 radical (unpaired) electrons. The molecule has 28 heavy (non-hydrogen) atoms. The second-order valence-electron chi connectivity index (χ2n) is 7.13. The van der Waals surface area contributed by atoms with Crippen molar-refractivity contribution in [2.24, 2.45) is 0 Å². The number of nitrogens with zero attached hydrogens (tertiary/aromatic N) is 4. The molecule has 150 valence electrons. The van der Waals surface area contributed by atoms with Crippen LogP contribution in [0, 0.1) is 11.3 Å². The van der Waals surface area contributed by atoms with Crippen LogP contribution in [0.15, 0.2) is 29.2 Å². The van der Waals surface area contributed by atoms with Crippen LogP contribution in [0.1, 0.15) is 12.8 Å². The van der Waals surface area contributed by atoms with E-state index >= 15 is 0 Å². The molecule has 0 spiro atoms. The number of hydrogen-bond donors (Lipinski definition) is 1. The average molecular weight is 402 g/mol. The summed E-state index contributed by atoms with van der Waals surface area (Å²) in [5.41, 5.74) is 0.752. The maximum absolute atomic E-state index is 12.4. The highest BCUT2D eigenvalue weighted by Crippen LogP contribution is 2.26. The minimum atomic E-state index is -0.0494. The quantitative estimate of drug-likeness (QED) is 0.697. The summed E-state index contributed by atoms with van der Waals surface area (Å²) in [6.07, 6.45) is 2.24. The molecule has 0 saturated carbocycles. The molecule has 2 amide bonds. The smallest absolute Gasteiger partial charge is 0.238 e. The number of rotatable bonds is 7. The Morgan fingerprint density at radius 1 is 1.00 bits per heavy atom. The van der Waals surface area contributed by atoms with Gasteiger partial charge < -0.3 is 10.2 Å². The van der Waals surface area contributed by atoms with E-state index in [1.165, 1.54) is 11.8 Å². The predicted molar refractivity (Wildman–Crippen MR) is 110 cm³/mol. The molecule has 2 saturated heterocycles. The maximum atomic E-state index is 12.4. The maximum Gasteiger partial charge on any atom is 0.238 e. The Morgan fingerprint density at radius 3 is 2.32 bits per heavy atom. The SMILES string of the molecule is N#CCSc1ccccc1NC(=O)CN1CCN(CC(=O)N2CCCC2)CC1. The number of thioether (sulfide) groups is 1. The minimum absolute atomic E-state index is 0.0494. The summed E-state index contributed by atoms with van der Waals surface area (Å²) < 4.78 is 0. The monoisotopic (exact) mass is 401 g/mol. The van der Waals surface area contributed by atoms with Crippen LogP contribution < -0.4 is 5.32 Å².